The molecule has 2 rings (SSSR count). The molecule has 8 heteroatoms. The number of Topliss-reactive ketones (excluding diaryl/α,β-unsaturated/α-hetero) is 1. The minimum absolute atomic E-state index is 0.00195. The Kier molecular flexibility index (Phi) is 5.61. The van der Waals surface area contributed by atoms with Gasteiger partial charge >= 0.3 is 12.1 Å². The summed E-state index contributed by atoms with van der Waals surface area (Å²) >= 11 is 1.33. The second-order valence-corrected chi connectivity index (χ2v) is 7.60. The van der Waals surface area contributed by atoms with E-state index >= 15 is 0 Å². The van der Waals surface area contributed by atoms with E-state index in [-0.39, 0.29) is 18.9 Å². The highest BCUT2D eigenvalue weighted by atomic mass is 32.1. The summed E-state index contributed by atoms with van der Waals surface area (Å²) in [5, 5.41) is 11.3. The van der Waals surface area contributed by atoms with Crippen LogP contribution in [0.1, 0.15) is 30.4 Å². The lowest BCUT2D eigenvalue weighted by molar-refractivity contribution is -0.145. The fourth-order valence-electron chi connectivity index (χ4n) is 2.44. The summed E-state index contributed by atoms with van der Waals surface area (Å²) in [6, 6.07) is 2.59. The quantitative estimate of drug-likeness (QED) is 0.832. The predicted molar refractivity (Wildman–Crippen MR) is 89.5 cm³/mol. The van der Waals surface area contributed by atoms with E-state index in [1.807, 2.05) is 5.38 Å². The van der Waals surface area contributed by atoms with E-state index in [1.54, 1.807) is 37.8 Å². The molecule has 0 unspecified atom stereocenters. The van der Waals surface area contributed by atoms with Gasteiger partial charge in [0.15, 0.2) is 5.78 Å². The first-order valence-electron chi connectivity index (χ1n) is 7.69. The molecule has 0 spiro atoms. The van der Waals surface area contributed by atoms with Crippen molar-refractivity contribution < 1.29 is 24.2 Å². The second-order valence-electron chi connectivity index (χ2n) is 6.65. The summed E-state index contributed by atoms with van der Waals surface area (Å²) in [4.78, 5) is 39.5. The number of ether oxygens (including phenoxy) is 1. The predicted octanol–water partition coefficient (Wildman–Crippen LogP) is 1.94. The molecule has 1 atom stereocenters. The number of thiophene rings is 1. The van der Waals surface area contributed by atoms with E-state index < -0.39 is 23.7 Å². The molecule has 2 heterocycles. The van der Waals surface area contributed by atoms with Crippen molar-refractivity contribution in [1.82, 2.24) is 9.80 Å². The molecule has 0 aliphatic carbocycles. The molecule has 1 N–H and O–H groups in total. The maximum atomic E-state index is 12.2. The lowest BCUT2D eigenvalue weighted by atomic mass is 10.1. The maximum Gasteiger partial charge on any atom is 0.410 e. The van der Waals surface area contributed by atoms with Crippen molar-refractivity contribution >= 4 is 29.2 Å². The molecule has 0 saturated carbocycles. The Morgan fingerprint density at radius 1 is 1.33 bits per heavy atom. The molecular formula is C16H22N2O5S. The van der Waals surface area contributed by atoms with Crippen LogP contribution in [0, 0.1) is 0 Å². The minimum atomic E-state index is -1.05. The third-order valence-corrected chi connectivity index (χ3v) is 4.48. The molecular weight excluding hydrogens is 332 g/mol. The SMILES string of the molecule is CC(C)(C)OC(=O)N1CCN(CC(=O)c2cccs2)[C@@H](C(=O)O)C1. The van der Waals surface area contributed by atoms with Crippen LogP contribution in [0.15, 0.2) is 17.5 Å². The summed E-state index contributed by atoms with van der Waals surface area (Å²) in [5.74, 6) is -1.16. The smallest absolute Gasteiger partial charge is 0.410 e. The number of hydrogen-bond donors (Lipinski definition) is 1. The maximum absolute atomic E-state index is 12.2. The summed E-state index contributed by atoms with van der Waals surface area (Å²) < 4.78 is 5.29. The highest BCUT2D eigenvalue weighted by molar-refractivity contribution is 7.12. The number of carboxylic acids is 1. The Bertz CT molecular complexity index is 608. The van der Waals surface area contributed by atoms with Gasteiger partial charge in [0.25, 0.3) is 0 Å². The Morgan fingerprint density at radius 2 is 2.04 bits per heavy atom. The summed E-state index contributed by atoms with van der Waals surface area (Å²) in [5.41, 5.74) is -0.637. The highest BCUT2D eigenvalue weighted by Gasteiger charge is 2.36. The van der Waals surface area contributed by atoms with Crippen LogP contribution in [0.5, 0.6) is 0 Å². The Balaban J connectivity index is 2.02. The number of piperazine rings is 1. The lowest BCUT2D eigenvalue weighted by Crippen LogP contribution is -2.59. The zero-order chi connectivity index (χ0) is 17.9. The topological polar surface area (TPSA) is 87.2 Å². The molecule has 1 fully saturated rings. The summed E-state index contributed by atoms with van der Waals surface area (Å²) in [6.45, 7) is 5.95. The third kappa shape index (κ3) is 4.78. The monoisotopic (exact) mass is 354 g/mol. The van der Waals surface area contributed by atoms with Gasteiger partial charge < -0.3 is 14.7 Å². The van der Waals surface area contributed by atoms with Crippen molar-refractivity contribution in [2.75, 3.05) is 26.2 Å². The number of rotatable bonds is 4. The number of aliphatic carboxylic acids is 1. The van der Waals surface area contributed by atoms with E-state index in [9.17, 15) is 19.5 Å². The molecule has 1 amide bonds. The fourth-order valence-corrected chi connectivity index (χ4v) is 3.09. The van der Waals surface area contributed by atoms with Crippen molar-refractivity contribution in [2.45, 2.75) is 32.4 Å². The second kappa shape index (κ2) is 7.31. The first-order valence-corrected chi connectivity index (χ1v) is 8.57. The number of carbonyl (C=O) groups is 3. The number of carboxylic acid groups (broad SMARTS) is 1. The van der Waals surface area contributed by atoms with Crippen LogP contribution in [-0.4, -0.2) is 70.6 Å². The summed E-state index contributed by atoms with van der Waals surface area (Å²) in [6.07, 6.45) is -0.530. The van der Waals surface area contributed by atoms with Crippen molar-refractivity contribution in [2.24, 2.45) is 0 Å². The zero-order valence-electron chi connectivity index (χ0n) is 14.0. The molecule has 24 heavy (non-hydrogen) atoms. The van der Waals surface area contributed by atoms with Crippen LogP contribution in [0.3, 0.4) is 0 Å². The normalized spacial score (nSPS) is 19.1. The van der Waals surface area contributed by atoms with E-state index in [2.05, 4.69) is 0 Å². The van der Waals surface area contributed by atoms with Crippen molar-refractivity contribution in [3.8, 4) is 0 Å². The van der Waals surface area contributed by atoms with Gasteiger partial charge in [0.2, 0.25) is 0 Å². The molecule has 1 saturated heterocycles. The fraction of sp³-hybridized carbons (Fsp3) is 0.562. The Hall–Kier alpha value is -1.93. The standard InChI is InChI=1S/C16H22N2O5S/c1-16(2,3)23-15(22)18-7-6-17(11(9-18)14(20)21)10-12(19)13-5-4-8-24-13/h4-5,8,11H,6-7,9-10H2,1-3H3,(H,20,21)/t11-/m1/s1. The average molecular weight is 354 g/mol. The highest BCUT2D eigenvalue weighted by Crippen LogP contribution is 2.17. The Labute approximate surface area is 144 Å². The van der Waals surface area contributed by atoms with Gasteiger partial charge in [-0.1, -0.05) is 6.07 Å². The van der Waals surface area contributed by atoms with Gasteiger partial charge in [0.05, 0.1) is 18.0 Å². The molecule has 0 aromatic carbocycles. The molecule has 7 nitrogen and oxygen atoms in total. The van der Waals surface area contributed by atoms with E-state index in [4.69, 9.17) is 4.74 Å². The van der Waals surface area contributed by atoms with Crippen molar-refractivity contribution in [3.05, 3.63) is 22.4 Å². The van der Waals surface area contributed by atoms with Crippen LogP contribution in [0.4, 0.5) is 4.79 Å². The number of hydrogen-bond acceptors (Lipinski definition) is 6. The third-order valence-electron chi connectivity index (χ3n) is 3.57. The van der Waals surface area contributed by atoms with E-state index in [0.717, 1.165) is 0 Å². The van der Waals surface area contributed by atoms with Gasteiger partial charge in [-0.25, -0.2) is 4.79 Å². The molecule has 0 bridgehead atoms. The lowest BCUT2D eigenvalue weighted by Gasteiger charge is -2.39. The van der Waals surface area contributed by atoms with Gasteiger partial charge in [-0.3, -0.25) is 14.5 Å². The molecule has 0 radical (unpaired) electrons. The van der Waals surface area contributed by atoms with Crippen molar-refractivity contribution in [1.29, 1.82) is 0 Å². The van der Waals surface area contributed by atoms with Crippen LogP contribution in [-0.2, 0) is 9.53 Å². The zero-order valence-corrected chi connectivity index (χ0v) is 14.8. The molecule has 1 aliphatic heterocycles. The molecule has 132 valence electrons. The number of carbonyl (C=O) groups excluding carboxylic acids is 2. The number of ketones is 1. The van der Waals surface area contributed by atoms with Gasteiger partial charge in [-0.15, -0.1) is 11.3 Å². The van der Waals surface area contributed by atoms with E-state index in [1.165, 1.54) is 16.2 Å². The minimum Gasteiger partial charge on any atom is -0.480 e. The van der Waals surface area contributed by atoms with Gasteiger partial charge in [-0.2, -0.15) is 0 Å². The van der Waals surface area contributed by atoms with E-state index in [0.29, 0.717) is 18.0 Å². The first-order chi connectivity index (χ1) is 11.2. The molecule has 1 aromatic heterocycles. The van der Waals surface area contributed by atoms with Gasteiger partial charge in [-0.05, 0) is 32.2 Å². The largest absolute Gasteiger partial charge is 0.480 e. The average Bonchev–Trinajstić information content (AvgIpc) is 2.99. The van der Waals surface area contributed by atoms with Crippen LogP contribution in [0.2, 0.25) is 0 Å². The Morgan fingerprint density at radius 3 is 2.58 bits per heavy atom. The summed E-state index contributed by atoms with van der Waals surface area (Å²) in [7, 11) is 0. The van der Waals surface area contributed by atoms with Crippen molar-refractivity contribution in [3.63, 3.8) is 0 Å². The first kappa shape index (κ1) is 18.4. The van der Waals surface area contributed by atoms with Crippen LogP contribution >= 0.6 is 11.3 Å². The molecule has 1 aromatic rings. The van der Waals surface area contributed by atoms with Gasteiger partial charge in [0.1, 0.15) is 11.6 Å². The molecule has 1 aliphatic rings. The van der Waals surface area contributed by atoms with Gasteiger partial charge in [0, 0.05) is 13.1 Å². The number of nitrogens with zero attached hydrogens (tertiary/aromatic N) is 2. The van der Waals surface area contributed by atoms with Crippen LogP contribution < -0.4 is 0 Å². The number of amides is 1. The van der Waals surface area contributed by atoms with Crippen LogP contribution in [0.25, 0.3) is 0 Å².